The van der Waals surface area contributed by atoms with E-state index >= 15 is 0 Å². The molecule has 2 aliphatic rings. The summed E-state index contributed by atoms with van der Waals surface area (Å²) in [6.07, 6.45) is 12.6. The first-order chi connectivity index (χ1) is 24.9. The Labute approximate surface area is 326 Å². The molecule has 4 aromatic rings. The van der Waals surface area contributed by atoms with E-state index in [1.165, 1.54) is 24.5 Å². The molecule has 2 aromatic heterocycles. The molecule has 2 heterocycles. The minimum absolute atomic E-state index is 0. The lowest BCUT2D eigenvalue weighted by Gasteiger charge is -2.40. The van der Waals surface area contributed by atoms with E-state index in [1.807, 2.05) is 53.3 Å². The number of nitrogens with zero attached hydrogens (tertiary/aromatic N) is 4. The van der Waals surface area contributed by atoms with E-state index in [9.17, 15) is 14.4 Å². The van der Waals surface area contributed by atoms with Gasteiger partial charge in [-0.15, -0.1) is 0 Å². The Hall–Kier alpha value is -4.26. The second kappa shape index (κ2) is 16.8. The maximum absolute atomic E-state index is 13.8. The van der Waals surface area contributed by atoms with Crippen LogP contribution >= 0.6 is 11.6 Å². The molecular formula is C40H48BrClN6O5. The molecule has 11 nitrogen and oxygen atoms in total. The predicted octanol–water partition coefficient (Wildman–Crippen LogP) is 3.90. The van der Waals surface area contributed by atoms with Gasteiger partial charge in [0.15, 0.2) is 5.82 Å². The number of amides is 2. The fourth-order valence-corrected chi connectivity index (χ4v) is 7.17. The second-order valence-electron chi connectivity index (χ2n) is 14.8. The molecule has 6 rings (SSSR count). The Balaban J connectivity index is 0.00000541. The average Bonchev–Trinajstić information content (AvgIpc) is 3.72. The third-order valence-electron chi connectivity index (χ3n) is 10.1. The van der Waals surface area contributed by atoms with Crippen LogP contribution in [0, 0.1) is 0 Å². The number of benzene rings is 2. The third-order valence-corrected chi connectivity index (χ3v) is 10.3. The number of hydrogen-bond donors (Lipinski definition) is 2. The molecule has 2 fully saturated rings. The van der Waals surface area contributed by atoms with Crippen LogP contribution in [-0.2, 0) is 21.4 Å². The summed E-state index contributed by atoms with van der Waals surface area (Å²) >= 11 is 6.12. The van der Waals surface area contributed by atoms with Crippen LogP contribution in [0.2, 0.25) is 5.02 Å². The highest BCUT2D eigenvalue weighted by Crippen LogP contribution is 2.44. The van der Waals surface area contributed by atoms with Crippen LogP contribution in [0.3, 0.4) is 0 Å². The highest BCUT2D eigenvalue weighted by atomic mass is 79.9. The minimum atomic E-state index is -1.04. The molecule has 2 N–H and O–H groups in total. The molecule has 13 heteroatoms. The van der Waals surface area contributed by atoms with Crippen LogP contribution < -0.4 is 32.4 Å². The number of likely N-dealkylation sites (N-methyl/N-ethyl adjacent to an activating group) is 1. The Morgan fingerprint density at radius 1 is 1.04 bits per heavy atom. The van der Waals surface area contributed by atoms with E-state index < -0.39 is 11.5 Å². The number of carbonyl (C=O) groups excluding carboxylic acids is 3. The first-order valence-corrected chi connectivity index (χ1v) is 18.4. The summed E-state index contributed by atoms with van der Waals surface area (Å²) < 4.78 is 13.9. The maximum atomic E-state index is 13.8. The van der Waals surface area contributed by atoms with Crippen LogP contribution in [0.15, 0.2) is 54.9 Å². The molecule has 0 radical (unpaired) electrons. The van der Waals surface area contributed by atoms with Gasteiger partial charge in [-0.25, -0.2) is 14.8 Å². The van der Waals surface area contributed by atoms with E-state index in [1.54, 1.807) is 36.7 Å². The molecular weight excluding hydrogens is 760 g/mol. The predicted molar refractivity (Wildman–Crippen MR) is 203 cm³/mol. The quantitative estimate of drug-likeness (QED) is 0.119. The summed E-state index contributed by atoms with van der Waals surface area (Å²) in [5, 5.41) is 7.63. The average molecular weight is 808 g/mol. The Kier molecular flexibility index (Phi) is 12.7. The Morgan fingerprint density at radius 2 is 1.75 bits per heavy atom. The topological polar surface area (TPSA) is 124 Å². The SMILES string of the molecule is CCOc1cc(NC(=O)C2(NC(=O)c3ccc4c(C5CCCC5)c(-c5ncc(Cl)cn5)n(C)c4c3)CCC2)ccc1/C=C/C(=O)OCC[N+](C)(C)C.[Br-]. The van der Waals surface area contributed by atoms with Gasteiger partial charge in [-0.1, -0.05) is 30.5 Å². The minimum Gasteiger partial charge on any atom is -1.00 e. The molecule has 2 amide bonds. The summed E-state index contributed by atoms with van der Waals surface area (Å²) in [6.45, 7) is 3.28. The molecule has 2 aromatic carbocycles. The van der Waals surface area contributed by atoms with Crippen molar-refractivity contribution < 1.29 is 45.3 Å². The number of carbonyl (C=O) groups is 3. The molecule has 2 saturated carbocycles. The molecule has 0 saturated heterocycles. The van der Waals surface area contributed by atoms with Crippen molar-refractivity contribution in [3.8, 4) is 17.3 Å². The zero-order valence-corrected chi connectivity index (χ0v) is 33.3. The standard InChI is InChI=1S/C40H47ClN6O5.BrH/c1-6-51-33-23-30(15-12-26(33)14-17-34(48)52-21-20-47(3,4)5)44-39(50)40(18-9-19-40)45-38(49)28-13-16-31-32(22-28)46(2)36(35(31)27-10-7-8-11-27)37-42-24-29(41)25-43-37;/h12-17,22-25,27H,6-11,18-21H2,1-5H3,(H-,44,45,48,49,50);1H. The van der Waals surface area contributed by atoms with E-state index in [2.05, 4.69) is 25.2 Å². The lowest BCUT2D eigenvalue weighted by Crippen LogP contribution is -3.00. The number of halogens is 2. The summed E-state index contributed by atoms with van der Waals surface area (Å²) in [5.41, 5.74) is 3.69. The monoisotopic (exact) mass is 806 g/mol. The number of hydrogen-bond acceptors (Lipinski definition) is 7. The first kappa shape index (κ1) is 39.9. The van der Waals surface area contributed by atoms with Gasteiger partial charge in [-0.05, 0) is 80.9 Å². The summed E-state index contributed by atoms with van der Waals surface area (Å²) in [7, 11) is 8.08. The molecule has 0 unspecified atom stereocenters. The lowest BCUT2D eigenvalue weighted by atomic mass is 9.75. The van der Waals surface area contributed by atoms with Crippen LogP contribution in [0.5, 0.6) is 5.75 Å². The van der Waals surface area contributed by atoms with E-state index in [4.69, 9.17) is 21.1 Å². The third kappa shape index (κ3) is 9.10. The van der Waals surface area contributed by atoms with Gasteiger partial charge in [0.2, 0.25) is 5.91 Å². The number of anilines is 1. The van der Waals surface area contributed by atoms with Crippen molar-refractivity contribution in [1.29, 1.82) is 0 Å². The molecule has 53 heavy (non-hydrogen) atoms. The maximum Gasteiger partial charge on any atom is 0.330 e. The van der Waals surface area contributed by atoms with Crippen molar-refractivity contribution in [3.63, 3.8) is 0 Å². The number of quaternary nitrogens is 1. The number of esters is 1. The number of rotatable bonds is 13. The highest BCUT2D eigenvalue weighted by Gasteiger charge is 2.45. The van der Waals surface area contributed by atoms with Crippen molar-refractivity contribution in [2.45, 2.75) is 63.3 Å². The molecule has 0 bridgehead atoms. The van der Waals surface area contributed by atoms with Gasteiger partial charge in [0.25, 0.3) is 5.91 Å². The fourth-order valence-electron chi connectivity index (χ4n) is 7.08. The molecule has 0 atom stereocenters. The lowest BCUT2D eigenvalue weighted by molar-refractivity contribution is -0.870. The number of fused-ring (bicyclic) bond motifs is 1. The van der Waals surface area contributed by atoms with Crippen molar-refractivity contribution in [2.75, 3.05) is 46.2 Å². The summed E-state index contributed by atoms with van der Waals surface area (Å²) in [5.74, 6) is 0.461. The molecule has 2 aliphatic carbocycles. The number of nitrogens with one attached hydrogen (secondary N) is 2. The smallest absolute Gasteiger partial charge is 0.330 e. The van der Waals surface area contributed by atoms with Crippen LogP contribution in [0.25, 0.3) is 28.5 Å². The fraction of sp³-hybridized carbons (Fsp3) is 0.425. The number of ether oxygens (including phenoxy) is 2. The summed E-state index contributed by atoms with van der Waals surface area (Å²) in [6, 6.07) is 11.0. The van der Waals surface area contributed by atoms with Crippen LogP contribution in [0.4, 0.5) is 5.69 Å². The zero-order valence-electron chi connectivity index (χ0n) is 31.0. The van der Waals surface area contributed by atoms with Crippen molar-refractivity contribution in [2.24, 2.45) is 7.05 Å². The molecule has 0 spiro atoms. The zero-order chi connectivity index (χ0) is 37.0. The Bertz CT molecular complexity index is 2000. The second-order valence-corrected chi connectivity index (χ2v) is 15.2. The van der Waals surface area contributed by atoms with E-state index in [-0.39, 0.29) is 28.8 Å². The summed E-state index contributed by atoms with van der Waals surface area (Å²) in [4.78, 5) is 49.0. The molecule has 0 aliphatic heterocycles. The van der Waals surface area contributed by atoms with E-state index in [0.29, 0.717) is 76.4 Å². The van der Waals surface area contributed by atoms with Crippen LogP contribution in [-0.4, -0.2) is 83.2 Å². The van der Waals surface area contributed by atoms with Crippen molar-refractivity contribution in [1.82, 2.24) is 19.9 Å². The van der Waals surface area contributed by atoms with Crippen LogP contribution in [0.1, 0.15) is 79.3 Å². The van der Waals surface area contributed by atoms with Gasteiger partial charge in [0.05, 0.1) is 38.5 Å². The van der Waals surface area contributed by atoms with Gasteiger partial charge < -0.3 is 46.1 Å². The van der Waals surface area contributed by atoms with E-state index in [0.717, 1.165) is 35.9 Å². The largest absolute Gasteiger partial charge is 1.00 e. The van der Waals surface area contributed by atoms with Gasteiger partial charge in [0, 0.05) is 59.3 Å². The number of aromatic nitrogens is 3. The normalized spacial score (nSPS) is 15.5. The highest BCUT2D eigenvalue weighted by molar-refractivity contribution is 6.30. The van der Waals surface area contributed by atoms with Gasteiger partial charge in [0.1, 0.15) is 24.4 Å². The van der Waals surface area contributed by atoms with Crippen molar-refractivity contribution in [3.05, 3.63) is 76.6 Å². The number of aryl methyl sites for hydroxylation is 1. The first-order valence-electron chi connectivity index (χ1n) is 18.0. The van der Waals surface area contributed by atoms with Gasteiger partial charge in [-0.3, -0.25) is 9.59 Å². The van der Waals surface area contributed by atoms with Gasteiger partial charge in [-0.2, -0.15) is 0 Å². The van der Waals surface area contributed by atoms with Gasteiger partial charge >= 0.3 is 5.97 Å². The molecule has 282 valence electrons. The Morgan fingerprint density at radius 3 is 2.40 bits per heavy atom. The van der Waals surface area contributed by atoms with Crippen molar-refractivity contribution >= 4 is 52.1 Å².